The SMILES string of the molecule is CC(C)[C@H]1CN(C(C)C)C(c2cccc(C3=N[C@@H](C(C)C)CN3C(C)C)c2)=N1. The van der Waals surface area contributed by atoms with Crippen molar-refractivity contribution in [3.63, 3.8) is 0 Å². The Kier molecular flexibility index (Phi) is 6.16. The van der Waals surface area contributed by atoms with E-state index in [2.05, 4.69) is 89.5 Å². The zero-order chi connectivity index (χ0) is 20.6. The molecule has 154 valence electrons. The van der Waals surface area contributed by atoms with Crippen molar-refractivity contribution < 1.29 is 0 Å². The van der Waals surface area contributed by atoms with Gasteiger partial charge in [0.2, 0.25) is 0 Å². The van der Waals surface area contributed by atoms with Gasteiger partial charge in [-0.1, -0.05) is 45.9 Å². The quantitative estimate of drug-likeness (QED) is 0.715. The van der Waals surface area contributed by atoms with Crippen LogP contribution in [0.4, 0.5) is 0 Å². The zero-order valence-electron chi connectivity index (χ0n) is 19.0. The van der Waals surface area contributed by atoms with Crippen LogP contribution in [0.1, 0.15) is 66.5 Å². The average Bonchev–Trinajstić information content (AvgIpc) is 3.27. The number of nitrogens with zero attached hydrogens (tertiary/aromatic N) is 4. The van der Waals surface area contributed by atoms with E-state index in [1.165, 1.54) is 11.1 Å². The van der Waals surface area contributed by atoms with E-state index in [-0.39, 0.29) is 0 Å². The van der Waals surface area contributed by atoms with Gasteiger partial charge in [-0.05, 0) is 45.6 Å². The van der Waals surface area contributed by atoms with E-state index >= 15 is 0 Å². The van der Waals surface area contributed by atoms with Crippen molar-refractivity contribution in [1.29, 1.82) is 0 Å². The molecule has 4 nitrogen and oxygen atoms in total. The van der Waals surface area contributed by atoms with Crippen molar-refractivity contribution in [2.24, 2.45) is 21.8 Å². The normalized spacial score (nSPS) is 22.9. The molecule has 0 fully saturated rings. The van der Waals surface area contributed by atoms with Crippen LogP contribution >= 0.6 is 0 Å². The van der Waals surface area contributed by atoms with Gasteiger partial charge in [0.05, 0.1) is 12.1 Å². The summed E-state index contributed by atoms with van der Waals surface area (Å²) in [5, 5.41) is 0. The summed E-state index contributed by atoms with van der Waals surface area (Å²) in [6.07, 6.45) is 0. The van der Waals surface area contributed by atoms with Gasteiger partial charge in [0.1, 0.15) is 11.7 Å². The maximum atomic E-state index is 5.11. The summed E-state index contributed by atoms with van der Waals surface area (Å²) < 4.78 is 0. The van der Waals surface area contributed by atoms with Crippen LogP contribution in [0.15, 0.2) is 34.3 Å². The molecule has 3 rings (SSSR count). The standard InChI is InChI=1S/C24H38N4/c1-15(2)21-13-27(17(5)6)23(25-21)19-10-9-11-20(12-19)24-26-22(16(3)4)14-28(24)18(7)8/h9-12,15-18,21-22H,13-14H2,1-8H3/t21-,22-/m1/s1. The van der Waals surface area contributed by atoms with Crippen LogP contribution in [0.2, 0.25) is 0 Å². The second-order valence-electron chi connectivity index (χ2n) is 9.60. The van der Waals surface area contributed by atoms with Crippen LogP contribution in [-0.4, -0.2) is 58.7 Å². The maximum absolute atomic E-state index is 5.11. The number of hydrogen-bond donors (Lipinski definition) is 0. The minimum absolute atomic E-state index is 0.377. The van der Waals surface area contributed by atoms with Gasteiger partial charge in [-0.3, -0.25) is 9.98 Å². The lowest BCUT2D eigenvalue weighted by Gasteiger charge is -2.27. The highest BCUT2D eigenvalue weighted by Gasteiger charge is 2.32. The fourth-order valence-electron chi connectivity index (χ4n) is 4.03. The number of rotatable bonds is 6. The van der Waals surface area contributed by atoms with Crippen LogP contribution in [0.25, 0.3) is 0 Å². The van der Waals surface area contributed by atoms with Crippen LogP contribution in [0.5, 0.6) is 0 Å². The van der Waals surface area contributed by atoms with E-state index < -0.39 is 0 Å². The molecule has 0 aliphatic carbocycles. The summed E-state index contributed by atoms with van der Waals surface area (Å²) in [6, 6.07) is 10.5. The molecular weight excluding hydrogens is 344 g/mol. The predicted molar refractivity (Wildman–Crippen MR) is 120 cm³/mol. The smallest absolute Gasteiger partial charge is 0.131 e. The first-order valence-corrected chi connectivity index (χ1v) is 11.0. The minimum atomic E-state index is 0.377. The zero-order valence-corrected chi connectivity index (χ0v) is 19.0. The summed E-state index contributed by atoms with van der Waals surface area (Å²) in [5.41, 5.74) is 2.43. The molecule has 2 aliphatic rings. The highest BCUT2D eigenvalue weighted by molar-refractivity contribution is 6.05. The third-order valence-electron chi connectivity index (χ3n) is 6.05. The van der Waals surface area contributed by atoms with Crippen molar-refractivity contribution in [1.82, 2.24) is 9.80 Å². The summed E-state index contributed by atoms with van der Waals surface area (Å²) in [7, 11) is 0. The van der Waals surface area contributed by atoms with E-state index in [4.69, 9.17) is 9.98 Å². The first-order valence-electron chi connectivity index (χ1n) is 11.0. The van der Waals surface area contributed by atoms with Crippen LogP contribution in [0, 0.1) is 11.8 Å². The lowest BCUT2D eigenvalue weighted by Crippen LogP contribution is -2.37. The Bertz CT molecular complexity index is 685. The molecule has 28 heavy (non-hydrogen) atoms. The lowest BCUT2D eigenvalue weighted by atomic mass is 10.1. The highest BCUT2D eigenvalue weighted by Crippen LogP contribution is 2.26. The van der Waals surface area contributed by atoms with Crippen LogP contribution in [-0.2, 0) is 0 Å². The van der Waals surface area contributed by atoms with Crippen LogP contribution < -0.4 is 0 Å². The van der Waals surface area contributed by atoms with Gasteiger partial charge >= 0.3 is 0 Å². The highest BCUT2D eigenvalue weighted by atomic mass is 15.3. The Morgan fingerprint density at radius 1 is 0.714 bits per heavy atom. The Hall–Kier alpha value is -1.84. The van der Waals surface area contributed by atoms with Crippen LogP contribution in [0.3, 0.4) is 0 Å². The second-order valence-corrected chi connectivity index (χ2v) is 9.60. The van der Waals surface area contributed by atoms with Crippen molar-refractivity contribution in [2.45, 2.75) is 79.6 Å². The molecule has 0 amide bonds. The largest absolute Gasteiger partial charge is 0.352 e. The molecule has 2 heterocycles. The van der Waals surface area contributed by atoms with E-state index in [1.54, 1.807) is 0 Å². The van der Waals surface area contributed by atoms with Crippen molar-refractivity contribution >= 4 is 11.7 Å². The molecule has 1 aromatic rings. The molecule has 4 heteroatoms. The maximum Gasteiger partial charge on any atom is 0.131 e. The van der Waals surface area contributed by atoms with E-state index in [0.29, 0.717) is 36.0 Å². The Morgan fingerprint density at radius 3 is 1.43 bits per heavy atom. The van der Waals surface area contributed by atoms with Gasteiger partial charge in [-0.2, -0.15) is 0 Å². The van der Waals surface area contributed by atoms with Gasteiger partial charge in [-0.25, -0.2) is 0 Å². The van der Waals surface area contributed by atoms with Gasteiger partial charge in [-0.15, -0.1) is 0 Å². The molecule has 0 saturated heterocycles. The van der Waals surface area contributed by atoms with E-state index in [9.17, 15) is 0 Å². The molecule has 0 radical (unpaired) electrons. The van der Waals surface area contributed by atoms with Gasteiger partial charge in [0.25, 0.3) is 0 Å². The predicted octanol–water partition coefficient (Wildman–Crippen LogP) is 4.68. The molecule has 0 saturated carbocycles. The third kappa shape index (κ3) is 4.11. The minimum Gasteiger partial charge on any atom is -0.352 e. The topological polar surface area (TPSA) is 31.2 Å². The van der Waals surface area contributed by atoms with Gasteiger partial charge in [0.15, 0.2) is 0 Å². The summed E-state index contributed by atoms with van der Waals surface area (Å²) in [4.78, 5) is 15.1. The third-order valence-corrected chi connectivity index (χ3v) is 6.05. The molecular formula is C24H38N4. The monoisotopic (exact) mass is 382 g/mol. The lowest BCUT2D eigenvalue weighted by molar-refractivity contribution is 0.332. The first-order chi connectivity index (χ1) is 13.2. The Morgan fingerprint density at radius 2 is 1.11 bits per heavy atom. The molecule has 0 spiro atoms. The molecule has 0 bridgehead atoms. The first kappa shape index (κ1) is 20.9. The number of aliphatic imine (C=N–C) groups is 2. The van der Waals surface area contributed by atoms with Crippen molar-refractivity contribution in [2.75, 3.05) is 13.1 Å². The van der Waals surface area contributed by atoms with Gasteiger partial charge < -0.3 is 9.80 Å². The van der Waals surface area contributed by atoms with Crippen molar-refractivity contribution in [3.8, 4) is 0 Å². The molecule has 2 aliphatic heterocycles. The number of hydrogen-bond acceptors (Lipinski definition) is 4. The van der Waals surface area contributed by atoms with Crippen molar-refractivity contribution in [3.05, 3.63) is 35.4 Å². The summed E-state index contributed by atoms with van der Waals surface area (Å²) in [6.45, 7) is 20.2. The fraction of sp³-hybridized carbons (Fsp3) is 0.667. The molecule has 0 N–H and O–H groups in total. The van der Waals surface area contributed by atoms with Gasteiger partial charge in [0, 0.05) is 36.3 Å². The number of amidine groups is 2. The van der Waals surface area contributed by atoms with E-state index in [0.717, 1.165) is 24.8 Å². The molecule has 1 aromatic carbocycles. The molecule has 0 aromatic heterocycles. The van der Waals surface area contributed by atoms with E-state index in [1.807, 2.05) is 0 Å². The molecule has 2 atom stereocenters. The fourth-order valence-corrected chi connectivity index (χ4v) is 4.03. The average molecular weight is 383 g/mol. The Balaban J connectivity index is 1.97. The second kappa shape index (κ2) is 8.26. The summed E-state index contributed by atoms with van der Waals surface area (Å²) >= 11 is 0. The molecule has 0 unspecified atom stereocenters. The Labute approximate surface area is 171 Å². The summed E-state index contributed by atoms with van der Waals surface area (Å²) in [5.74, 6) is 3.41. The number of benzene rings is 1.